The number of alkyl carbamates (subject to hydrolysis) is 1. The monoisotopic (exact) mass is 348 g/mol. The Morgan fingerprint density at radius 1 is 1.25 bits per heavy atom. The predicted molar refractivity (Wildman–Crippen MR) is 92.6 cm³/mol. The van der Waals surface area contributed by atoms with E-state index in [0.717, 1.165) is 30.7 Å². The number of carbonyl (C=O) groups excluding carboxylic acids is 2. The van der Waals surface area contributed by atoms with Crippen molar-refractivity contribution >= 4 is 23.0 Å². The fourth-order valence-corrected chi connectivity index (χ4v) is 4.44. The number of nitrogens with one attached hydrogen (secondary N) is 1. The number of nitrogens with zero attached hydrogens (tertiary/aromatic N) is 1. The molecule has 6 heteroatoms. The Kier molecular flexibility index (Phi) is 4.60. The third-order valence-electron chi connectivity index (χ3n) is 4.61. The molecule has 0 aliphatic heterocycles. The molecule has 2 aliphatic rings. The first-order valence-electron chi connectivity index (χ1n) is 8.37. The highest BCUT2D eigenvalue weighted by Gasteiger charge is 2.55. The summed E-state index contributed by atoms with van der Waals surface area (Å²) in [4.78, 5) is 28.2. The minimum Gasteiger partial charge on any atom is -0.444 e. The van der Waals surface area contributed by atoms with Gasteiger partial charge in [-0.05, 0) is 75.8 Å². The van der Waals surface area contributed by atoms with Crippen LogP contribution in [-0.4, -0.2) is 27.8 Å². The van der Waals surface area contributed by atoms with Crippen LogP contribution in [0.4, 0.5) is 4.79 Å². The zero-order chi connectivity index (χ0) is 17.4. The number of carbonyl (C=O) groups is 2. The molecule has 1 aromatic heterocycles. The fourth-order valence-electron chi connectivity index (χ4n) is 3.64. The summed E-state index contributed by atoms with van der Waals surface area (Å²) in [6, 6.07) is 5.78. The van der Waals surface area contributed by atoms with Crippen molar-refractivity contribution in [2.75, 3.05) is 0 Å². The van der Waals surface area contributed by atoms with E-state index < -0.39 is 5.60 Å². The molecule has 0 atom stereocenters. The maximum Gasteiger partial charge on any atom is 0.407 e. The highest BCUT2D eigenvalue weighted by atomic mass is 32.2. The van der Waals surface area contributed by atoms with E-state index in [4.69, 9.17) is 4.74 Å². The molecule has 5 nitrogen and oxygen atoms in total. The molecule has 0 unspecified atom stereocenters. The lowest BCUT2D eigenvalue weighted by molar-refractivity contribution is -0.127. The van der Waals surface area contributed by atoms with Crippen LogP contribution in [0.3, 0.4) is 0 Å². The van der Waals surface area contributed by atoms with Gasteiger partial charge in [0.2, 0.25) is 0 Å². The molecule has 0 saturated heterocycles. The zero-order valence-electron chi connectivity index (χ0n) is 14.4. The van der Waals surface area contributed by atoms with E-state index in [1.807, 2.05) is 39.0 Å². The van der Waals surface area contributed by atoms with E-state index in [0.29, 0.717) is 0 Å². The van der Waals surface area contributed by atoms with Crippen LogP contribution in [0.5, 0.6) is 0 Å². The van der Waals surface area contributed by atoms with Crippen LogP contribution in [0.1, 0.15) is 46.5 Å². The molecular weight excluding hydrogens is 324 g/mol. The number of amides is 1. The van der Waals surface area contributed by atoms with Crippen LogP contribution < -0.4 is 5.32 Å². The summed E-state index contributed by atoms with van der Waals surface area (Å²) < 4.78 is 5.28. The summed E-state index contributed by atoms with van der Waals surface area (Å²) in [6.45, 7) is 5.57. The second-order valence-corrected chi connectivity index (χ2v) is 8.97. The number of ether oxygens (including phenoxy) is 1. The molecule has 0 bridgehead atoms. The van der Waals surface area contributed by atoms with Gasteiger partial charge in [-0.15, -0.1) is 0 Å². The number of pyridine rings is 1. The summed E-state index contributed by atoms with van der Waals surface area (Å²) in [5, 5.41) is 3.90. The largest absolute Gasteiger partial charge is 0.444 e. The molecular formula is C18H24N2O3S. The molecule has 0 radical (unpaired) electrons. The van der Waals surface area contributed by atoms with Crippen LogP contribution in [-0.2, 0) is 9.53 Å². The maximum atomic E-state index is 12.3. The molecule has 1 amide bonds. The standard InChI is InChI=1S/C18H24N2O3S/c1-17(2,3)23-16(22)20-13-10-18(11-13)8-12(9-18)15(21)24-14-6-4-5-7-19-14/h4-7,12-13H,8-11H2,1-3H3,(H,20,22). The van der Waals surface area contributed by atoms with Crippen LogP contribution in [0.2, 0.25) is 0 Å². The normalized spacial score (nSPS) is 28.6. The van der Waals surface area contributed by atoms with Crippen molar-refractivity contribution in [3.05, 3.63) is 24.4 Å². The molecule has 1 N–H and O–H groups in total. The lowest BCUT2D eigenvalue weighted by Gasteiger charge is -2.57. The first-order chi connectivity index (χ1) is 11.2. The minimum absolute atomic E-state index is 0.125. The van der Waals surface area contributed by atoms with Gasteiger partial charge in [-0.1, -0.05) is 6.07 Å². The summed E-state index contributed by atoms with van der Waals surface area (Å²) in [5.74, 6) is 0.125. The van der Waals surface area contributed by atoms with Crippen LogP contribution in [0.25, 0.3) is 0 Å². The Morgan fingerprint density at radius 3 is 2.54 bits per heavy atom. The number of hydrogen-bond donors (Lipinski definition) is 1. The summed E-state index contributed by atoms with van der Waals surface area (Å²) in [7, 11) is 0. The average molecular weight is 348 g/mol. The number of hydrogen-bond acceptors (Lipinski definition) is 5. The van der Waals surface area contributed by atoms with Gasteiger partial charge in [0.25, 0.3) is 0 Å². The van der Waals surface area contributed by atoms with E-state index in [1.165, 1.54) is 11.8 Å². The molecule has 1 aromatic rings. The maximum absolute atomic E-state index is 12.3. The Hall–Kier alpha value is -1.56. The van der Waals surface area contributed by atoms with Crippen LogP contribution >= 0.6 is 11.8 Å². The van der Waals surface area contributed by atoms with Gasteiger partial charge in [0.05, 0.1) is 0 Å². The Morgan fingerprint density at radius 2 is 1.96 bits per heavy atom. The molecule has 24 heavy (non-hydrogen) atoms. The average Bonchev–Trinajstić information content (AvgIpc) is 2.38. The molecule has 2 saturated carbocycles. The van der Waals surface area contributed by atoms with Gasteiger partial charge in [0.15, 0.2) is 5.12 Å². The van der Waals surface area contributed by atoms with Crippen molar-refractivity contribution in [3.63, 3.8) is 0 Å². The molecule has 1 spiro atoms. The third kappa shape index (κ3) is 4.09. The molecule has 2 aliphatic carbocycles. The summed E-state index contributed by atoms with van der Waals surface area (Å²) >= 11 is 1.24. The Labute approximate surface area is 146 Å². The zero-order valence-corrected chi connectivity index (χ0v) is 15.2. The van der Waals surface area contributed by atoms with Crippen molar-refractivity contribution in [1.82, 2.24) is 10.3 Å². The molecule has 2 fully saturated rings. The van der Waals surface area contributed by atoms with Crippen molar-refractivity contribution in [2.24, 2.45) is 11.3 Å². The van der Waals surface area contributed by atoms with Crippen molar-refractivity contribution in [1.29, 1.82) is 0 Å². The first kappa shape index (κ1) is 17.3. The number of rotatable bonds is 3. The quantitative estimate of drug-likeness (QED) is 0.842. The molecule has 3 rings (SSSR count). The number of aromatic nitrogens is 1. The van der Waals surface area contributed by atoms with Gasteiger partial charge in [-0.3, -0.25) is 4.79 Å². The van der Waals surface area contributed by atoms with E-state index in [-0.39, 0.29) is 28.6 Å². The van der Waals surface area contributed by atoms with E-state index in [9.17, 15) is 9.59 Å². The van der Waals surface area contributed by atoms with Gasteiger partial charge in [-0.25, -0.2) is 9.78 Å². The van der Waals surface area contributed by atoms with Gasteiger partial charge in [-0.2, -0.15) is 0 Å². The molecule has 0 aromatic carbocycles. The predicted octanol–water partition coefficient (Wildman–Crippen LogP) is 3.78. The van der Waals surface area contributed by atoms with E-state index in [1.54, 1.807) is 6.20 Å². The third-order valence-corrected chi connectivity index (χ3v) is 5.60. The Bertz CT molecular complexity index is 613. The number of thioether (sulfide) groups is 1. The lowest BCUT2D eigenvalue weighted by Crippen LogP contribution is -2.57. The van der Waals surface area contributed by atoms with Gasteiger partial charge in [0, 0.05) is 18.2 Å². The topological polar surface area (TPSA) is 68.3 Å². The minimum atomic E-state index is -0.470. The highest BCUT2D eigenvalue weighted by molar-refractivity contribution is 8.13. The van der Waals surface area contributed by atoms with Gasteiger partial charge < -0.3 is 10.1 Å². The van der Waals surface area contributed by atoms with Crippen LogP contribution in [0, 0.1) is 11.3 Å². The van der Waals surface area contributed by atoms with Gasteiger partial charge >= 0.3 is 6.09 Å². The highest BCUT2D eigenvalue weighted by Crippen LogP contribution is 2.59. The van der Waals surface area contributed by atoms with Crippen molar-refractivity contribution < 1.29 is 14.3 Å². The molecule has 1 heterocycles. The first-order valence-corrected chi connectivity index (χ1v) is 9.19. The SMILES string of the molecule is CC(C)(C)OC(=O)NC1CC2(C1)CC(C(=O)Sc1ccccn1)C2. The second-order valence-electron chi connectivity index (χ2n) is 7.95. The fraction of sp³-hybridized carbons (Fsp3) is 0.611. The summed E-state index contributed by atoms with van der Waals surface area (Å²) in [5.41, 5.74) is -0.215. The van der Waals surface area contributed by atoms with Gasteiger partial charge in [0.1, 0.15) is 10.6 Å². The smallest absolute Gasteiger partial charge is 0.407 e. The van der Waals surface area contributed by atoms with E-state index >= 15 is 0 Å². The van der Waals surface area contributed by atoms with E-state index in [2.05, 4.69) is 10.3 Å². The lowest BCUT2D eigenvalue weighted by atomic mass is 9.50. The summed E-state index contributed by atoms with van der Waals surface area (Å²) in [6.07, 6.45) is 5.11. The van der Waals surface area contributed by atoms with Crippen LogP contribution in [0.15, 0.2) is 29.4 Å². The second kappa shape index (κ2) is 6.39. The molecule has 130 valence electrons. The van der Waals surface area contributed by atoms with Crippen molar-refractivity contribution in [2.45, 2.75) is 63.1 Å². The van der Waals surface area contributed by atoms with Crippen molar-refractivity contribution in [3.8, 4) is 0 Å². The Balaban J connectivity index is 1.39.